The average molecular weight is 156 g/mol. The monoisotopic (exact) mass is 156 g/mol. The van der Waals surface area contributed by atoms with Crippen LogP contribution in [0, 0.1) is 0 Å². The van der Waals surface area contributed by atoms with E-state index in [1.54, 1.807) is 4.68 Å². The molecule has 0 aliphatic carbocycles. The Hall–Kier alpha value is -1.26. The number of nitrogens with two attached hydrogens (primary N) is 1. The molecule has 62 valence electrons. The van der Waals surface area contributed by atoms with Gasteiger partial charge in [0.15, 0.2) is 0 Å². The summed E-state index contributed by atoms with van der Waals surface area (Å²) in [5, 5.41) is 3.98. The fraction of sp³-hybridized carbons (Fsp3) is 0.667. The minimum atomic E-state index is 0.354. The highest BCUT2D eigenvalue weighted by Crippen LogP contribution is 2.06. The van der Waals surface area contributed by atoms with Gasteiger partial charge in [0.25, 0.3) is 0 Å². The number of anilines is 1. The van der Waals surface area contributed by atoms with Crippen LogP contribution in [0.5, 0.6) is 6.01 Å². The van der Waals surface area contributed by atoms with Crippen molar-refractivity contribution in [2.75, 3.05) is 12.3 Å². The van der Waals surface area contributed by atoms with Crippen LogP contribution in [0.1, 0.15) is 13.8 Å². The Balaban J connectivity index is 2.77. The van der Waals surface area contributed by atoms with E-state index in [0.717, 1.165) is 0 Å². The molecular formula is C6H12N4O. The second-order valence-electron chi connectivity index (χ2n) is 2.00. The third-order valence-electron chi connectivity index (χ3n) is 1.25. The maximum atomic E-state index is 5.49. The van der Waals surface area contributed by atoms with Crippen molar-refractivity contribution in [3.05, 3.63) is 0 Å². The predicted octanol–water partition coefficient (Wildman–Crippen LogP) is 0.279. The minimum Gasteiger partial charge on any atom is -0.463 e. The lowest BCUT2D eigenvalue weighted by Gasteiger charge is -1.93. The fourth-order valence-electron chi connectivity index (χ4n) is 0.756. The van der Waals surface area contributed by atoms with E-state index in [2.05, 4.69) is 10.1 Å². The van der Waals surface area contributed by atoms with Crippen LogP contribution in [0.4, 0.5) is 5.95 Å². The molecule has 0 amide bonds. The van der Waals surface area contributed by atoms with Crippen LogP contribution in [-0.4, -0.2) is 21.4 Å². The lowest BCUT2D eigenvalue weighted by Crippen LogP contribution is -2.02. The van der Waals surface area contributed by atoms with Crippen molar-refractivity contribution >= 4 is 5.95 Å². The van der Waals surface area contributed by atoms with Gasteiger partial charge in [-0.3, -0.25) is 0 Å². The number of aryl methyl sites for hydroxylation is 1. The molecule has 0 aliphatic rings. The molecule has 0 aliphatic heterocycles. The Morgan fingerprint density at radius 2 is 2.27 bits per heavy atom. The van der Waals surface area contributed by atoms with E-state index < -0.39 is 0 Å². The molecule has 2 N–H and O–H groups in total. The van der Waals surface area contributed by atoms with Crippen molar-refractivity contribution < 1.29 is 4.74 Å². The van der Waals surface area contributed by atoms with Crippen molar-refractivity contribution in [1.29, 1.82) is 0 Å². The van der Waals surface area contributed by atoms with Crippen LogP contribution in [-0.2, 0) is 6.54 Å². The first-order valence-corrected chi connectivity index (χ1v) is 3.61. The summed E-state index contributed by atoms with van der Waals surface area (Å²) < 4.78 is 6.63. The summed E-state index contributed by atoms with van der Waals surface area (Å²) >= 11 is 0. The number of aromatic nitrogens is 3. The third kappa shape index (κ3) is 1.60. The number of nitrogens with zero attached hydrogens (tertiary/aromatic N) is 3. The fourth-order valence-corrected chi connectivity index (χ4v) is 0.756. The Kier molecular flexibility index (Phi) is 2.30. The molecule has 11 heavy (non-hydrogen) atoms. The Labute approximate surface area is 65.2 Å². The van der Waals surface area contributed by atoms with Gasteiger partial charge in [0.2, 0.25) is 5.95 Å². The van der Waals surface area contributed by atoms with Crippen LogP contribution in [0.3, 0.4) is 0 Å². The first-order chi connectivity index (χ1) is 5.27. The van der Waals surface area contributed by atoms with Crippen LogP contribution in [0.25, 0.3) is 0 Å². The Bertz CT molecular complexity index is 232. The highest BCUT2D eigenvalue weighted by molar-refractivity contribution is 5.17. The topological polar surface area (TPSA) is 66.0 Å². The van der Waals surface area contributed by atoms with Gasteiger partial charge in [-0.2, -0.15) is 4.98 Å². The molecule has 5 heteroatoms. The molecule has 5 nitrogen and oxygen atoms in total. The molecule has 0 radical (unpaired) electrons. The van der Waals surface area contributed by atoms with Gasteiger partial charge < -0.3 is 10.5 Å². The molecule has 0 unspecified atom stereocenters. The molecule has 0 saturated heterocycles. The van der Waals surface area contributed by atoms with E-state index in [4.69, 9.17) is 10.5 Å². The molecule has 0 saturated carbocycles. The predicted molar refractivity (Wildman–Crippen MR) is 41.3 cm³/mol. The van der Waals surface area contributed by atoms with Gasteiger partial charge in [0.05, 0.1) is 6.61 Å². The third-order valence-corrected chi connectivity index (χ3v) is 1.25. The van der Waals surface area contributed by atoms with Crippen LogP contribution < -0.4 is 10.5 Å². The quantitative estimate of drug-likeness (QED) is 0.682. The van der Waals surface area contributed by atoms with Crippen molar-refractivity contribution in [3.8, 4) is 6.01 Å². The molecule has 0 bridgehead atoms. The lowest BCUT2D eigenvalue weighted by atomic mass is 10.8. The maximum Gasteiger partial charge on any atom is 0.337 e. The standard InChI is InChI=1S/C6H12N4O/c1-3-10-5(7)8-6(9-10)11-4-2/h3-4H2,1-2H3,(H2,7,8,9). The smallest absolute Gasteiger partial charge is 0.337 e. The summed E-state index contributed by atoms with van der Waals surface area (Å²) in [6, 6.07) is 0.354. The average Bonchev–Trinajstić information content (AvgIpc) is 2.32. The molecule has 1 aromatic rings. The van der Waals surface area contributed by atoms with Gasteiger partial charge in [-0.05, 0) is 13.8 Å². The van der Waals surface area contributed by atoms with Gasteiger partial charge in [-0.25, -0.2) is 4.68 Å². The van der Waals surface area contributed by atoms with Crippen molar-refractivity contribution in [3.63, 3.8) is 0 Å². The summed E-state index contributed by atoms with van der Waals surface area (Å²) in [4.78, 5) is 3.88. The van der Waals surface area contributed by atoms with Crippen LogP contribution >= 0.6 is 0 Å². The number of hydrogen-bond donors (Lipinski definition) is 1. The van der Waals surface area contributed by atoms with Gasteiger partial charge >= 0.3 is 6.01 Å². The largest absolute Gasteiger partial charge is 0.463 e. The van der Waals surface area contributed by atoms with Crippen LogP contribution in [0.15, 0.2) is 0 Å². The first kappa shape index (κ1) is 7.84. The van der Waals surface area contributed by atoms with E-state index in [1.165, 1.54) is 0 Å². The summed E-state index contributed by atoms with van der Waals surface area (Å²) in [6.07, 6.45) is 0. The SMILES string of the molecule is CCOc1nc(N)n(CC)n1. The zero-order valence-electron chi connectivity index (χ0n) is 6.74. The molecule has 0 spiro atoms. The molecule has 1 heterocycles. The summed E-state index contributed by atoms with van der Waals surface area (Å²) in [6.45, 7) is 5.10. The van der Waals surface area contributed by atoms with Gasteiger partial charge in [-0.1, -0.05) is 0 Å². The van der Waals surface area contributed by atoms with Gasteiger partial charge in [-0.15, -0.1) is 5.10 Å². The molecule has 0 atom stereocenters. The van der Waals surface area contributed by atoms with Gasteiger partial charge in [0.1, 0.15) is 0 Å². The van der Waals surface area contributed by atoms with E-state index in [9.17, 15) is 0 Å². The number of nitrogen functional groups attached to an aromatic ring is 1. The van der Waals surface area contributed by atoms with Crippen molar-refractivity contribution in [1.82, 2.24) is 14.8 Å². The van der Waals surface area contributed by atoms with E-state index >= 15 is 0 Å². The van der Waals surface area contributed by atoms with E-state index in [0.29, 0.717) is 25.1 Å². The maximum absolute atomic E-state index is 5.49. The van der Waals surface area contributed by atoms with E-state index in [1.807, 2.05) is 13.8 Å². The van der Waals surface area contributed by atoms with E-state index in [-0.39, 0.29) is 0 Å². The number of hydrogen-bond acceptors (Lipinski definition) is 4. The Morgan fingerprint density at radius 1 is 1.55 bits per heavy atom. The molecular weight excluding hydrogens is 144 g/mol. The number of rotatable bonds is 3. The summed E-state index contributed by atoms with van der Waals surface area (Å²) in [5.41, 5.74) is 5.49. The zero-order chi connectivity index (χ0) is 8.27. The summed E-state index contributed by atoms with van der Waals surface area (Å²) in [7, 11) is 0. The minimum absolute atomic E-state index is 0.354. The highest BCUT2D eigenvalue weighted by Gasteiger charge is 2.04. The second-order valence-corrected chi connectivity index (χ2v) is 2.00. The van der Waals surface area contributed by atoms with Crippen LogP contribution in [0.2, 0.25) is 0 Å². The zero-order valence-corrected chi connectivity index (χ0v) is 6.74. The van der Waals surface area contributed by atoms with Crippen molar-refractivity contribution in [2.45, 2.75) is 20.4 Å². The second kappa shape index (κ2) is 3.23. The highest BCUT2D eigenvalue weighted by atomic mass is 16.5. The lowest BCUT2D eigenvalue weighted by molar-refractivity contribution is 0.310. The number of ether oxygens (including phenoxy) is 1. The molecule has 1 aromatic heterocycles. The Morgan fingerprint density at radius 3 is 2.73 bits per heavy atom. The molecule has 1 rings (SSSR count). The van der Waals surface area contributed by atoms with Gasteiger partial charge in [0, 0.05) is 6.54 Å². The molecule has 0 aromatic carbocycles. The summed E-state index contributed by atoms with van der Waals surface area (Å²) in [5.74, 6) is 0.399. The first-order valence-electron chi connectivity index (χ1n) is 3.61. The molecule has 0 fully saturated rings. The van der Waals surface area contributed by atoms with Crippen molar-refractivity contribution in [2.24, 2.45) is 0 Å². The normalized spacial score (nSPS) is 10.0.